The van der Waals surface area contributed by atoms with Gasteiger partial charge in [0.1, 0.15) is 5.82 Å². The van der Waals surface area contributed by atoms with Gasteiger partial charge >= 0.3 is 0 Å². The summed E-state index contributed by atoms with van der Waals surface area (Å²) in [5, 5.41) is 2.88. The van der Waals surface area contributed by atoms with E-state index in [4.69, 9.17) is 10.7 Å². The maximum absolute atomic E-state index is 12.4. The van der Waals surface area contributed by atoms with Crippen molar-refractivity contribution in [2.24, 2.45) is 5.73 Å². The quantitative estimate of drug-likeness (QED) is 0.635. The number of imidazole rings is 1. The highest BCUT2D eigenvalue weighted by molar-refractivity contribution is 5.95. The van der Waals surface area contributed by atoms with Crippen molar-refractivity contribution in [3.63, 3.8) is 0 Å². The molecule has 4 N–H and O–H groups in total. The van der Waals surface area contributed by atoms with E-state index >= 15 is 0 Å². The number of likely N-dealkylation sites (tertiary alicyclic amines) is 1. The summed E-state index contributed by atoms with van der Waals surface area (Å²) in [4.78, 5) is 33.8. The van der Waals surface area contributed by atoms with Crippen LogP contribution in [0.1, 0.15) is 34.9 Å². The Hall–Kier alpha value is -3.19. The van der Waals surface area contributed by atoms with E-state index < -0.39 is 5.91 Å². The van der Waals surface area contributed by atoms with E-state index in [0.717, 1.165) is 42.8 Å². The van der Waals surface area contributed by atoms with E-state index in [1.165, 1.54) is 0 Å². The molecule has 144 valence electrons. The number of piperidine rings is 1. The first-order valence-electron chi connectivity index (χ1n) is 9.45. The number of aromatic amines is 1. The van der Waals surface area contributed by atoms with Gasteiger partial charge in [-0.2, -0.15) is 0 Å². The lowest BCUT2D eigenvalue weighted by molar-refractivity contribution is -0.117. The fraction of sp³-hybridized carbons (Fsp3) is 0.286. The third-order valence-corrected chi connectivity index (χ3v) is 5.12. The topological polar surface area (TPSA) is 104 Å². The fourth-order valence-corrected chi connectivity index (χ4v) is 3.71. The number of primary amides is 1. The SMILES string of the molecule is NC(=O)c1ccc(NC(=O)CN2CCC[C@H](c3nc4ccccc4[nH]3)C2)cc1. The number of nitrogens with two attached hydrogens (primary N) is 1. The average Bonchev–Trinajstić information content (AvgIpc) is 3.13. The van der Waals surface area contributed by atoms with Gasteiger partial charge < -0.3 is 16.0 Å². The minimum atomic E-state index is -0.483. The fourth-order valence-electron chi connectivity index (χ4n) is 3.71. The molecule has 1 atom stereocenters. The van der Waals surface area contributed by atoms with Gasteiger partial charge in [0.15, 0.2) is 0 Å². The third-order valence-electron chi connectivity index (χ3n) is 5.12. The normalized spacial score (nSPS) is 17.5. The molecule has 4 rings (SSSR count). The maximum Gasteiger partial charge on any atom is 0.248 e. The molecule has 0 radical (unpaired) electrons. The van der Waals surface area contributed by atoms with Crippen LogP contribution in [0, 0.1) is 0 Å². The summed E-state index contributed by atoms with van der Waals surface area (Å²) in [6.45, 7) is 2.02. The molecule has 1 aromatic heterocycles. The molecule has 1 saturated heterocycles. The van der Waals surface area contributed by atoms with Crippen LogP contribution in [-0.2, 0) is 4.79 Å². The number of nitrogens with one attached hydrogen (secondary N) is 2. The highest BCUT2D eigenvalue weighted by Crippen LogP contribution is 2.26. The molecule has 0 spiro atoms. The summed E-state index contributed by atoms with van der Waals surface area (Å²) in [5.74, 6) is 0.733. The van der Waals surface area contributed by atoms with E-state index in [-0.39, 0.29) is 5.91 Å². The van der Waals surface area contributed by atoms with Crippen LogP contribution >= 0.6 is 0 Å². The lowest BCUT2D eigenvalue weighted by atomic mass is 9.97. The number of hydrogen-bond donors (Lipinski definition) is 3. The Kier molecular flexibility index (Phi) is 5.08. The molecule has 0 aliphatic carbocycles. The summed E-state index contributed by atoms with van der Waals surface area (Å²) < 4.78 is 0. The number of amides is 2. The number of carbonyl (C=O) groups is 2. The predicted molar refractivity (Wildman–Crippen MR) is 108 cm³/mol. The molecule has 0 saturated carbocycles. The van der Waals surface area contributed by atoms with Crippen molar-refractivity contribution in [3.8, 4) is 0 Å². The number of carbonyl (C=O) groups excluding carboxylic acids is 2. The van der Waals surface area contributed by atoms with Crippen molar-refractivity contribution in [1.29, 1.82) is 0 Å². The van der Waals surface area contributed by atoms with Crippen LogP contribution < -0.4 is 11.1 Å². The molecule has 7 nitrogen and oxygen atoms in total. The molecule has 0 bridgehead atoms. The van der Waals surface area contributed by atoms with Gasteiger partial charge in [-0.25, -0.2) is 4.98 Å². The predicted octanol–water partition coefficient (Wildman–Crippen LogP) is 2.48. The zero-order valence-electron chi connectivity index (χ0n) is 15.5. The smallest absolute Gasteiger partial charge is 0.248 e. The molecule has 7 heteroatoms. The van der Waals surface area contributed by atoms with Gasteiger partial charge in [-0.05, 0) is 55.8 Å². The highest BCUT2D eigenvalue weighted by Gasteiger charge is 2.25. The van der Waals surface area contributed by atoms with Crippen LogP contribution in [0.5, 0.6) is 0 Å². The van der Waals surface area contributed by atoms with E-state index in [9.17, 15) is 9.59 Å². The van der Waals surface area contributed by atoms with Gasteiger partial charge in [0.2, 0.25) is 11.8 Å². The van der Waals surface area contributed by atoms with Crippen molar-refractivity contribution in [2.75, 3.05) is 25.0 Å². The number of hydrogen-bond acceptors (Lipinski definition) is 4. The van der Waals surface area contributed by atoms with Crippen molar-refractivity contribution in [1.82, 2.24) is 14.9 Å². The van der Waals surface area contributed by atoms with Crippen molar-refractivity contribution in [3.05, 3.63) is 59.9 Å². The monoisotopic (exact) mass is 377 g/mol. The number of benzene rings is 2. The lowest BCUT2D eigenvalue weighted by Crippen LogP contribution is -2.40. The number of para-hydroxylation sites is 2. The van der Waals surface area contributed by atoms with Gasteiger partial charge in [-0.15, -0.1) is 0 Å². The molecule has 1 aliphatic rings. The molecule has 0 unspecified atom stereocenters. The Bertz CT molecular complexity index is 962. The van der Waals surface area contributed by atoms with Crippen molar-refractivity contribution in [2.45, 2.75) is 18.8 Å². The molecule has 2 amide bonds. The molecule has 2 heterocycles. The van der Waals surface area contributed by atoms with Crippen molar-refractivity contribution >= 4 is 28.5 Å². The van der Waals surface area contributed by atoms with Crippen LogP contribution in [0.3, 0.4) is 0 Å². The minimum absolute atomic E-state index is 0.0721. The minimum Gasteiger partial charge on any atom is -0.366 e. The summed E-state index contributed by atoms with van der Waals surface area (Å²) in [7, 11) is 0. The Morgan fingerprint density at radius 1 is 1.18 bits per heavy atom. The molecular weight excluding hydrogens is 354 g/mol. The van der Waals surface area contributed by atoms with E-state index in [1.807, 2.05) is 24.3 Å². The summed E-state index contributed by atoms with van der Waals surface area (Å²) in [6, 6.07) is 14.6. The summed E-state index contributed by atoms with van der Waals surface area (Å²) in [5.41, 5.74) is 8.33. The lowest BCUT2D eigenvalue weighted by Gasteiger charge is -2.31. The van der Waals surface area contributed by atoms with Crippen LogP contribution in [0.25, 0.3) is 11.0 Å². The largest absolute Gasteiger partial charge is 0.366 e. The second-order valence-electron chi connectivity index (χ2n) is 7.20. The van der Waals surface area contributed by atoms with Crippen LogP contribution in [-0.4, -0.2) is 46.3 Å². The molecule has 3 aromatic rings. The molecule has 2 aromatic carbocycles. The van der Waals surface area contributed by atoms with Crippen LogP contribution in [0.2, 0.25) is 0 Å². The standard InChI is InChI=1S/C21H23N5O2/c22-20(28)14-7-9-16(10-8-14)23-19(27)13-26-11-3-4-15(12-26)21-24-17-5-1-2-6-18(17)25-21/h1-2,5-10,15H,3-4,11-13H2,(H2,22,28)(H,23,27)(H,24,25)/t15-/m0/s1. The second kappa shape index (κ2) is 7.82. The van der Waals surface area contributed by atoms with E-state index in [2.05, 4.69) is 15.2 Å². The number of nitrogens with zero attached hydrogens (tertiary/aromatic N) is 2. The number of anilines is 1. The molecule has 1 fully saturated rings. The molecule has 1 aliphatic heterocycles. The van der Waals surface area contributed by atoms with Gasteiger partial charge in [0.05, 0.1) is 17.6 Å². The van der Waals surface area contributed by atoms with E-state index in [0.29, 0.717) is 23.7 Å². The number of fused-ring (bicyclic) bond motifs is 1. The van der Waals surface area contributed by atoms with Crippen LogP contribution in [0.15, 0.2) is 48.5 Å². The van der Waals surface area contributed by atoms with Crippen molar-refractivity contribution < 1.29 is 9.59 Å². The van der Waals surface area contributed by atoms with Crippen LogP contribution in [0.4, 0.5) is 5.69 Å². The van der Waals surface area contributed by atoms with Gasteiger partial charge in [-0.3, -0.25) is 14.5 Å². The second-order valence-corrected chi connectivity index (χ2v) is 7.20. The highest BCUT2D eigenvalue weighted by atomic mass is 16.2. The first kappa shape index (κ1) is 18.2. The Balaban J connectivity index is 1.36. The Morgan fingerprint density at radius 2 is 1.96 bits per heavy atom. The Morgan fingerprint density at radius 3 is 2.71 bits per heavy atom. The van der Waals surface area contributed by atoms with Gasteiger partial charge in [0.25, 0.3) is 0 Å². The van der Waals surface area contributed by atoms with Gasteiger partial charge in [0, 0.05) is 23.7 Å². The summed E-state index contributed by atoms with van der Waals surface area (Å²) in [6.07, 6.45) is 2.09. The molecular formula is C21H23N5O2. The maximum atomic E-state index is 12.4. The molecule has 28 heavy (non-hydrogen) atoms. The number of H-pyrrole nitrogens is 1. The van der Waals surface area contributed by atoms with E-state index in [1.54, 1.807) is 24.3 Å². The summed E-state index contributed by atoms with van der Waals surface area (Å²) >= 11 is 0. The number of rotatable bonds is 5. The third kappa shape index (κ3) is 4.04. The first-order chi connectivity index (χ1) is 13.6. The van der Waals surface area contributed by atoms with Gasteiger partial charge in [-0.1, -0.05) is 12.1 Å². The number of aromatic nitrogens is 2. The zero-order valence-corrected chi connectivity index (χ0v) is 15.5. The zero-order chi connectivity index (χ0) is 19.5. The Labute approximate surface area is 162 Å². The first-order valence-corrected chi connectivity index (χ1v) is 9.45. The average molecular weight is 377 g/mol.